The molecule has 1 fully saturated rings. The number of imide groups is 1. The van der Waals surface area contributed by atoms with Crippen molar-refractivity contribution in [2.75, 3.05) is 26.2 Å². The fourth-order valence-electron chi connectivity index (χ4n) is 2.76. The van der Waals surface area contributed by atoms with E-state index in [1.165, 1.54) is 14.2 Å². The monoisotopic (exact) mass is 385 g/mol. The number of hydrogen-bond donors (Lipinski definition) is 0. The zero-order valence-electron chi connectivity index (χ0n) is 15.4. The molecule has 0 atom stereocenters. The molecule has 0 aromatic heterocycles. The Morgan fingerprint density at radius 2 is 1.63 bits per heavy atom. The minimum absolute atomic E-state index is 0.374. The molecule has 1 aliphatic heterocycles. The van der Waals surface area contributed by atoms with Crippen LogP contribution in [0.4, 0.5) is 10.5 Å². The molecule has 1 heterocycles. The van der Waals surface area contributed by atoms with Crippen molar-refractivity contribution in [3.05, 3.63) is 52.9 Å². The third kappa shape index (κ3) is 3.50. The predicted molar refractivity (Wildman–Crippen MR) is 106 cm³/mol. The normalized spacial score (nSPS) is 15.8. The number of hydrogen-bond acceptors (Lipinski definition) is 6. The lowest BCUT2D eigenvalue weighted by atomic mass is 10.1. The van der Waals surface area contributed by atoms with Crippen LogP contribution in [0.25, 0.3) is 5.57 Å². The summed E-state index contributed by atoms with van der Waals surface area (Å²) in [7, 11) is 4.60. The van der Waals surface area contributed by atoms with Crippen molar-refractivity contribution in [2.45, 2.75) is 6.92 Å². The maximum absolute atomic E-state index is 13.0. The fraction of sp³-hybridized carbons (Fsp3) is 0.200. The van der Waals surface area contributed by atoms with Crippen molar-refractivity contribution < 1.29 is 23.8 Å². The van der Waals surface area contributed by atoms with Crippen molar-refractivity contribution in [3.8, 4) is 17.2 Å². The van der Waals surface area contributed by atoms with Crippen LogP contribution in [0, 0.1) is 0 Å². The van der Waals surface area contributed by atoms with Gasteiger partial charge in [-0.05, 0) is 54.1 Å². The van der Waals surface area contributed by atoms with Gasteiger partial charge in [-0.1, -0.05) is 12.1 Å². The summed E-state index contributed by atoms with van der Waals surface area (Å²) in [6.07, 6.45) is 0. The third-order valence-electron chi connectivity index (χ3n) is 4.24. The first-order chi connectivity index (χ1) is 13.0. The molecule has 1 saturated heterocycles. The van der Waals surface area contributed by atoms with Gasteiger partial charge in [0.25, 0.3) is 11.1 Å². The summed E-state index contributed by atoms with van der Waals surface area (Å²) in [6, 6.07) is 12.3. The maximum Gasteiger partial charge on any atom is 0.298 e. The second kappa shape index (κ2) is 7.75. The van der Waals surface area contributed by atoms with E-state index in [4.69, 9.17) is 14.2 Å². The lowest BCUT2D eigenvalue weighted by Crippen LogP contribution is -2.28. The first-order valence-corrected chi connectivity index (χ1v) is 8.95. The minimum atomic E-state index is -0.381. The van der Waals surface area contributed by atoms with Gasteiger partial charge in [0.2, 0.25) is 0 Å². The van der Waals surface area contributed by atoms with Crippen LogP contribution in [0.2, 0.25) is 0 Å². The van der Waals surface area contributed by atoms with Gasteiger partial charge in [-0.3, -0.25) is 9.59 Å². The zero-order chi connectivity index (χ0) is 19.6. The van der Waals surface area contributed by atoms with Gasteiger partial charge in [-0.2, -0.15) is 0 Å². The molecule has 0 saturated carbocycles. The molecule has 3 rings (SSSR count). The first-order valence-electron chi connectivity index (χ1n) is 8.13. The Bertz CT molecular complexity index is 938. The molecule has 0 unspecified atom stereocenters. The number of rotatable bonds is 5. The van der Waals surface area contributed by atoms with Gasteiger partial charge in [-0.25, -0.2) is 4.90 Å². The van der Waals surface area contributed by atoms with E-state index in [0.29, 0.717) is 33.4 Å². The SMILES string of the molecule is COc1cccc(/C(C)=C2\SC(=O)N(c3ccc(OC)cc3OC)C2=O)c1. The summed E-state index contributed by atoms with van der Waals surface area (Å²) in [6.45, 7) is 1.82. The molecule has 27 heavy (non-hydrogen) atoms. The standard InChI is InChI=1S/C20H19NO5S/c1-12(13-6-5-7-14(10-13)24-2)18-19(22)21(20(23)27-18)16-9-8-15(25-3)11-17(16)26-4/h5-11H,1-4H3/b18-12-. The quantitative estimate of drug-likeness (QED) is 0.713. The molecule has 7 heteroatoms. The van der Waals surface area contributed by atoms with Crippen molar-refractivity contribution >= 4 is 34.2 Å². The molecule has 140 valence electrons. The predicted octanol–water partition coefficient (Wildman–Crippen LogP) is 4.34. The summed E-state index contributed by atoms with van der Waals surface area (Å²) < 4.78 is 15.7. The Hall–Kier alpha value is -2.93. The van der Waals surface area contributed by atoms with E-state index in [1.807, 2.05) is 31.2 Å². The number of nitrogens with zero attached hydrogens (tertiary/aromatic N) is 1. The maximum atomic E-state index is 13.0. The molecule has 0 spiro atoms. The van der Waals surface area contributed by atoms with Crippen LogP contribution in [0.1, 0.15) is 12.5 Å². The number of carbonyl (C=O) groups excluding carboxylic acids is 2. The lowest BCUT2D eigenvalue weighted by Gasteiger charge is -2.17. The summed E-state index contributed by atoms with van der Waals surface area (Å²) >= 11 is 0.912. The van der Waals surface area contributed by atoms with Crippen LogP contribution in [0.3, 0.4) is 0 Å². The van der Waals surface area contributed by atoms with Crippen molar-refractivity contribution in [2.24, 2.45) is 0 Å². The van der Waals surface area contributed by atoms with Crippen LogP contribution < -0.4 is 19.1 Å². The number of thioether (sulfide) groups is 1. The molecule has 0 aliphatic carbocycles. The van der Waals surface area contributed by atoms with Crippen LogP contribution in [0.15, 0.2) is 47.4 Å². The van der Waals surface area contributed by atoms with Crippen LogP contribution >= 0.6 is 11.8 Å². The Kier molecular flexibility index (Phi) is 5.41. The van der Waals surface area contributed by atoms with Crippen molar-refractivity contribution in [1.82, 2.24) is 0 Å². The largest absolute Gasteiger partial charge is 0.497 e. The van der Waals surface area contributed by atoms with Gasteiger partial charge in [0, 0.05) is 6.07 Å². The number of methoxy groups -OCH3 is 3. The number of anilines is 1. The number of ether oxygens (including phenoxy) is 3. The van der Waals surface area contributed by atoms with Gasteiger partial charge >= 0.3 is 0 Å². The van der Waals surface area contributed by atoms with E-state index < -0.39 is 0 Å². The van der Waals surface area contributed by atoms with Gasteiger partial charge in [0.1, 0.15) is 17.2 Å². The minimum Gasteiger partial charge on any atom is -0.497 e. The first kappa shape index (κ1) is 18.8. The number of carbonyl (C=O) groups is 2. The van der Waals surface area contributed by atoms with E-state index in [9.17, 15) is 9.59 Å². The van der Waals surface area contributed by atoms with E-state index in [-0.39, 0.29) is 11.1 Å². The molecule has 2 aromatic carbocycles. The van der Waals surface area contributed by atoms with Gasteiger partial charge in [-0.15, -0.1) is 0 Å². The Morgan fingerprint density at radius 1 is 0.926 bits per heavy atom. The molecule has 6 nitrogen and oxygen atoms in total. The molecular weight excluding hydrogens is 366 g/mol. The lowest BCUT2D eigenvalue weighted by molar-refractivity contribution is -0.113. The number of allylic oxidation sites excluding steroid dienone is 1. The van der Waals surface area contributed by atoms with E-state index in [2.05, 4.69) is 0 Å². The van der Waals surface area contributed by atoms with E-state index >= 15 is 0 Å². The molecule has 0 N–H and O–H groups in total. The van der Waals surface area contributed by atoms with Gasteiger partial charge in [0.15, 0.2) is 0 Å². The Morgan fingerprint density at radius 3 is 2.30 bits per heavy atom. The molecule has 2 amide bonds. The smallest absolute Gasteiger partial charge is 0.298 e. The van der Waals surface area contributed by atoms with Crippen LogP contribution in [-0.2, 0) is 4.79 Å². The highest BCUT2D eigenvalue weighted by Crippen LogP contribution is 2.43. The fourth-order valence-corrected chi connectivity index (χ4v) is 3.66. The summed E-state index contributed by atoms with van der Waals surface area (Å²) in [5.74, 6) is 1.26. The molecule has 2 aromatic rings. The highest BCUT2D eigenvalue weighted by Gasteiger charge is 2.39. The summed E-state index contributed by atoms with van der Waals surface area (Å²) in [4.78, 5) is 27.1. The average Bonchev–Trinajstić information content (AvgIpc) is 3.00. The van der Waals surface area contributed by atoms with E-state index in [1.54, 1.807) is 25.3 Å². The van der Waals surface area contributed by atoms with Gasteiger partial charge < -0.3 is 14.2 Å². The Balaban J connectivity index is 2.02. The molecule has 1 aliphatic rings. The van der Waals surface area contributed by atoms with E-state index in [0.717, 1.165) is 22.2 Å². The number of amides is 2. The van der Waals surface area contributed by atoms with Crippen LogP contribution in [0.5, 0.6) is 17.2 Å². The second-order valence-electron chi connectivity index (χ2n) is 5.73. The number of benzene rings is 2. The summed E-state index contributed by atoms with van der Waals surface area (Å²) in [5.41, 5.74) is 1.92. The third-order valence-corrected chi connectivity index (χ3v) is 5.28. The highest BCUT2D eigenvalue weighted by molar-refractivity contribution is 8.19. The topological polar surface area (TPSA) is 65.1 Å². The van der Waals surface area contributed by atoms with Crippen LogP contribution in [-0.4, -0.2) is 32.5 Å². The second-order valence-corrected chi connectivity index (χ2v) is 6.69. The molecule has 0 bridgehead atoms. The molecular formula is C20H19NO5S. The Labute approximate surface area is 161 Å². The summed E-state index contributed by atoms with van der Waals surface area (Å²) in [5, 5.41) is -0.374. The van der Waals surface area contributed by atoms with Gasteiger partial charge in [0.05, 0.1) is 31.9 Å². The molecule has 0 radical (unpaired) electrons. The highest BCUT2D eigenvalue weighted by atomic mass is 32.2. The zero-order valence-corrected chi connectivity index (χ0v) is 16.3. The van der Waals surface area contributed by atoms with Crippen molar-refractivity contribution in [3.63, 3.8) is 0 Å². The van der Waals surface area contributed by atoms with Crippen molar-refractivity contribution in [1.29, 1.82) is 0 Å². The average molecular weight is 385 g/mol.